The van der Waals surface area contributed by atoms with Crippen molar-refractivity contribution in [2.24, 2.45) is 0 Å². The molecule has 0 radical (unpaired) electrons. The van der Waals surface area contributed by atoms with Crippen LogP contribution in [0.25, 0.3) is 11.6 Å². The first-order chi connectivity index (χ1) is 15.7. The lowest BCUT2D eigenvalue weighted by molar-refractivity contribution is 0.521. The fourth-order valence-corrected chi connectivity index (χ4v) is 4.25. The van der Waals surface area contributed by atoms with Gasteiger partial charge >= 0.3 is 0 Å². The second-order valence-corrected chi connectivity index (χ2v) is 8.66. The van der Waals surface area contributed by atoms with Gasteiger partial charge in [-0.25, -0.2) is 19.9 Å². The second-order valence-electron chi connectivity index (χ2n) is 7.84. The molecule has 0 unspecified atom stereocenters. The first-order valence-corrected chi connectivity index (χ1v) is 11.9. The third-order valence-electron chi connectivity index (χ3n) is 5.53. The molecule has 0 N–H and O–H groups in total. The fraction of sp³-hybridized carbons (Fsp3) is 0.385. The highest BCUT2D eigenvalue weighted by Crippen LogP contribution is 2.23. The Morgan fingerprint density at radius 1 is 0.727 bits per heavy atom. The summed E-state index contributed by atoms with van der Waals surface area (Å²) in [6, 6.07) is 8.37. The highest BCUT2D eigenvalue weighted by atomic mass is 79.9. The molecule has 0 saturated carbocycles. The van der Waals surface area contributed by atoms with Crippen LogP contribution < -0.4 is 0 Å². The fourth-order valence-electron chi connectivity index (χ4n) is 3.90. The molecule has 0 atom stereocenters. The van der Waals surface area contributed by atoms with E-state index in [9.17, 15) is 0 Å². The number of hydrogen-bond donors (Lipinski definition) is 0. The summed E-state index contributed by atoms with van der Waals surface area (Å²) in [5, 5.41) is 0. The lowest BCUT2D eigenvalue weighted by atomic mass is 9.96. The van der Waals surface area contributed by atoms with Gasteiger partial charge in [0.05, 0.1) is 12.4 Å². The largest absolute Gasteiger partial charge is 0.449 e. The van der Waals surface area contributed by atoms with Gasteiger partial charge in [0.1, 0.15) is 22.8 Å². The van der Waals surface area contributed by atoms with E-state index in [-0.39, 0.29) is 7.43 Å². The van der Waals surface area contributed by atoms with E-state index in [1.165, 1.54) is 54.6 Å². The van der Waals surface area contributed by atoms with Gasteiger partial charge in [0, 0.05) is 18.3 Å². The first-order valence-electron chi connectivity index (χ1n) is 11.1. The van der Waals surface area contributed by atoms with Crippen molar-refractivity contribution in [3.63, 3.8) is 0 Å². The Balaban J connectivity index is 0.000000150. The average molecular weight is 511 g/mol. The zero-order valence-corrected chi connectivity index (χ0v) is 19.8. The second kappa shape index (κ2) is 12.4. The van der Waals surface area contributed by atoms with Crippen molar-refractivity contribution in [3.8, 4) is 11.6 Å². The predicted octanol–water partition coefficient (Wildman–Crippen LogP) is 6.96. The number of aromatic nitrogens is 4. The van der Waals surface area contributed by atoms with Crippen LogP contribution in [0.2, 0.25) is 0 Å². The molecule has 0 aliphatic heterocycles. The molecule has 0 aromatic carbocycles. The van der Waals surface area contributed by atoms with E-state index in [2.05, 4.69) is 48.0 Å². The molecule has 2 aliphatic rings. The van der Waals surface area contributed by atoms with Crippen molar-refractivity contribution in [2.45, 2.75) is 65.7 Å². The van der Waals surface area contributed by atoms with Crippen LogP contribution in [0, 0.1) is 6.92 Å². The number of hydrogen-bond acceptors (Lipinski definition) is 6. The van der Waals surface area contributed by atoms with Crippen LogP contribution in [0.4, 0.5) is 0 Å². The van der Waals surface area contributed by atoms with Gasteiger partial charge in [0.15, 0.2) is 5.89 Å². The maximum absolute atomic E-state index is 5.24. The summed E-state index contributed by atoms with van der Waals surface area (Å²) in [7, 11) is 0. The molecule has 0 spiro atoms. The number of oxazole rings is 2. The Kier molecular flexibility index (Phi) is 9.36. The molecule has 0 bridgehead atoms. The molecule has 6 nitrogen and oxygen atoms in total. The van der Waals surface area contributed by atoms with Gasteiger partial charge in [-0.1, -0.05) is 19.6 Å². The Morgan fingerprint density at radius 2 is 1.33 bits per heavy atom. The third-order valence-corrected chi connectivity index (χ3v) is 5.97. The van der Waals surface area contributed by atoms with Crippen LogP contribution in [0.15, 0.2) is 62.6 Å². The molecule has 2 aliphatic carbocycles. The summed E-state index contributed by atoms with van der Waals surface area (Å²) in [4.78, 5) is 16.9. The smallest absolute Gasteiger partial charge is 0.244 e. The minimum Gasteiger partial charge on any atom is -0.449 e. The molecule has 174 valence electrons. The lowest BCUT2D eigenvalue weighted by Crippen LogP contribution is -2.05. The zero-order chi connectivity index (χ0) is 22.2. The van der Waals surface area contributed by atoms with Gasteiger partial charge < -0.3 is 8.83 Å². The van der Waals surface area contributed by atoms with E-state index in [0.717, 1.165) is 35.5 Å². The summed E-state index contributed by atoms with van der Waals surface area (Å²) in [5.41, 5.74) is 6.19. The molecular formula is C26H31BrN4O2. The van der Waals surface area contributed by atoms with Crippen molar-refractivity contribution in [1.82, 2.24) is 19.9 Å². The van der Waals surface area contributed by atoms with Gasteiger partial charge in [0.25, 0.3) is 0 Å². The van der Waals surface area contributed by atoms with Crippen LogP contribution in [-0.4, -0.2) is 19.9 Å². The number of pyridine rings is 2. The number of aryl methyl sites for hydroxylation is 5. The molecule has 6 rings (SSSR count). The van der Waals surface area contributed by atoms with Crippen molar-refractivity contribution >= 4 is 15.9 Å². The van der Waals surface area contributed by atoms with Crippen LogP contribution in [0.5, 0.6) is 0 Å². The maximum atomic E-state index is 5.24. The van der Waals surface area contributed by atoms with Gasteiger partial charge in [-0.05, 0) is 90.6 Å². The summed E-state index contributed by atoms with van der Waals surface area (Å²) in [5.74, 6) is 1.33. The standard InChI is InChI=1S/C12H12N2O.C9H10BrN.C4H5NO.CH4/c1-2-4-10-9(3-1)5-6-11(14-10)12-13-7-8-15-12;10-9-6-5-7-3-1-2-4-8(7)11-9;1-4-5-2-3-6-4;/h5-8H,1-4H2;5-6H,1-4H2;2-3H,1H3;1H4. The number of rotatable bonds is 1. The van der Waals surface area contributed by atoms with Crippen LogP contribution >= 0.6 is 15.9 Å². The van der Waals surface area contributed by atoms with Crippen molar-refractivity contribution in [3.05, 3.63) is 82.2 Å². The normalized spacial score (nSPS) is 13.8. The SMILES string of the molecule is Brc1ccc2c(n1)CCCC2.C.Cc1ncco1.c1coc(-c2ccc3c(n2)CCCC3)n1. The molecule has 4 aromatic rings. The topological polar surface area (TPSA) is 77.8 Å². The molecule has 7 heteroatoms. The van der Waals surface area contributed by atoms with Crippen LogP contribution in [0.3, 0.4) is 0 Å². The van der Waals surface area contributed by atoms with Crippen LogP contribution in [0.1, 0.15) is 61.5 Å². The van der Waals surface area contributed by atoms with E-state index in [0.29, 0.717) is 5.89 Å². The molecule has 33 heavy (non-hydrogen) atoms. The average Bonchev–Trinajstić information content (AvgIpc) is 3.54. The number of fused-ring (bicyclic) bond motifs is 2. The van der Waals surface area contributed by atoms with Gasteiger partial charge in [0.2, 0.25) is 5.89 Å². The Bertz CT molecular complexity index is 1110. The van der Waals surface area contributed by atoms with Crippen LogP contribution in [-0.2, 0) is 25.7 Å². The van der Waals surface area contributed by atoms with E-state index < -0.39 is 0 Å². The monoisotopic (exact) mass is 510 g/mol. The number of nitrogens with zero attached hydrogens (tertiary/aromatic N) is 4. The highest BCUT2D eigenvalue weighted by molar-refractivity contribution is 9.10. The third kappa shape index (κ3) is 7.09. The minimum atomic E-state index is 0. The van der Waals surface area contributed by atoms with Crippen molar-refractivity contribution in [2.75, 3.05) is 0 Å². The molecule has 4 heterocycles. The number of halogens is 1. The Morgan fingerprint density at radius 3 is 1.91 bits per heavy atom. The maximum Gasteiger partial charge on any atom is 0.244 e. The molecule has 0 fully saturated rings. The minimum absolute atomic E-state index is 0. The summed E-state index contributed by atoms with van der Waals surface area (Å²) in [6.45, 7) is 1.81. The Hall–Kier alpha value is -2.80. The van der Waals surface area contributed by atoms with Gasteiger partial charge in [-0.3, -0.25) is 0 Å². The van der Waals surface area contributed by atoms with E-state index in [1.807, 2.05) is 12.1 Å². The van der Waals surface area contributed by atoms with E-state index in [1.54, 1.807) is 31.8 Å². The predicted molar refractivity (Wildman–Crippen MR) is 133 cm³/mol. The van der Waals surface area contributed by atoms with E-state index in [4.69, 9.17) is 8.83 Å². The lowest BCUT2D eigenvalue weighted by Gasteiger charge is -2.14. The molecular weight excluding hydrogens is 480 g/mol. The first kappa shape index (κ1) is 24.8. The quantitative estimate of drug-likeness (QED) is 0.257. The molecule has 0 saturated heterocycles. The zero-order valence-electron chi connectivity index (χ0n) is 18.3. The van der Waals surface area contributed by atoms with Gasteiger partial charge in [-0.2, -0.15) is 0 Å². The summed E-state index contributed by atoms with van der Waals surface area (Å²) in [6.07, 6.45) is 16.2. The van der Waals surface area contributed by atoms with Crippen molar-refractivity contribution < 1.29 is 8.83 Å². The Labute approximate surface area is 204 Å². The highest BCUT2D eigenvalue weighted by Gasteiger charge is 2.13. The van der Waals surface area contributed by atoms with E-state index >= 15 is 0 Å². The summed E-state index contributed by atoms with van der Waals surface area (Å²) >= 11 is 3.38. The molecule has 0 amide bonds. The molecule has 4 aromatic heterocycles. The van der Waals surface area contributed by atoms with Gasteiger partial charge in [-0.15, -0.1) is 0 Å². The van der Waals surface area contributed by atoms with Crippen molar-refractivity contribution in [1.29, 1.82) is 0 Å². The summed E-state index contributed by atoms with van der Waals surface area (Å²) < 4.78 is 10.9.